The molecule has 1 fully saturated rings. The number of likely N-dealkylation sites (tertiary alicyclic amines) is 1. The predicted molar refractivity (Wildman–Crippen MR) is 81.3 cm³/mol. The van der Waals surface area contributed by atoms with E-state index in [1.54, 1.807) is 11.0 Å². The smallest absolute Gasteiger partial charge is 0.321 e. The molecule has 1 aliphatic heterocycles. The number of benzene rings is 1. The van der Waals surface area contributed by atoms with E-state index >= 15 is 0 Å². The van der Waals surface area contributed by atoms with Crippen molar-refractivity contribution in [3.8, 4) is 0 Å². The molecule has 20 heavy (non-hydrogen) atoms. The van der Waals surface area contributed by atoms with Crippen LogP contribution in [0.15, 0.2) is 18.2 Å². The number of nitrogens with two attached hydrogens (primary N) is 1. The van der Waals surface area contributed by atoms with Crippen molar-refractivity contribution >= 4 is 28.9 Å². The molecule has 0 radical (unpaired) electrons. The van der Waals surface area contributed by atoms with Gasteiger partial charge in [-0.15, -0.1) is 0 Å². The van der Waals surface area contributed by atoms with Crippen molar-refractivity contribution in [1.29, 1.82) is 0 Å². The van der Waals surface area contributed by atoms with E-state index < -0.39 is 5.82 Å². The highest BCUT2D eigenvalue weighted by atomic mass is 32.1. The van der Waals surface area contributed by atoms with Crippen LogP contribution in [0.4, 0.5) is 14.9 Å². The summed E-state index contributed by atoms with van der Waals surface area (Å²) in [7, 11) is 0. The molecular formula is C14H18FN3OS. The Bertz CT molecular complexity index is 527. The van der Waals surface area contributed by atoms with Crippen LogP contribution in [0.2, 0.25) is 0 Å². The van der Waals surface area contributed by atoms with Gasteiger partial charge in [-0.05, 0) is 37.0 Å². The first-order valence-corrected chi connectivity index (χ1v) is 7.03. The van der Waals surface area contributed by atoms with E-state index in [2.05, 4.69) is 12.2 Å². The van der Waals surface area contributed by atoms with Crippen LogP contribution in [0.3, 0.4) is 0 Å². The summed E-state index contributed by atoms with van der Waals surface area (Å²) >= 11 is 4.78. The highest BCUT2D eigenvalue weighted by Crippen LogP contribution is 2.19. The lowest BCUT2D eigenvalue weighted by atomic mass is 10.00. The molecule has 3 N–H and O–H groups in total. The topological polar surface area (TPSA) is 58.4 Å². The van der Waals surface area contributed by atoms with Crippen molar-refractivity contribution in [2.45, 2.75) is 19.8 Å². The minimum absolute atomic E-state index is 0.131. The third kappa shape index (κ3) is 3.45. The second-order valence-corrected chi connectivity index (χ2v) is 5.60. The van der Waals surface area contributed by atoms with Crippen molar-refractivity contribution < 1.29 is 9.18 Å². The Morgan fingerprint density at radius 2 is 2.10 bits per heavy atom. The van der Waals surface area contributed by atoms with Gasteiger partial charge < -0.3 is 16.0 Å². The molecule has 108 valence electrons. The highest BCUT2D eigenvalue weighted by molar-refractivity contribution is 7.80. The van der Waals surface area contributed by atoms with E-state index in [-0.39, 0.29) is 16.7 Å². The molecule has 1 aromatic carbocycles. The quantitative estimate of drug-likeness (QED) is 0.825. The molecular weight excluding hydrogens is 277 g/mol. The van der Waals surface area contributed by atoms with E-state index in [9.17, 15) is 9.18 Å². The fraction of sp³-hybridized carbons (Fsp3) is 0.429. The molecule has 6 heteroatoms. The highest BCUT2D eigenvalue weighted by Gasteiger charge is 2.21. The number of carbonyl (C=O) groups is 1. The predicted octanol–water partition coefficient (Wildman–Crippen LogP) is 2.72. The molecule has 4 nitrogen and oxygen atoms in total. The average molecular weight is 295 g/mol. The number of nitrogens with zero attached hydrogens (tertiary/aromatic N) is 1. The second kappa shape index (κ2) is 6.17. The number of amides is 2. The van der Waals surface area contributed by atoms with Crippen LogP contribution in [0.1, 0.15) is 25.3 Å². The molecule has 0 aromatic heterocycles. The zero-order chi connectivity index (χ0) is 14.7. The minimum atomic E-state index is -0.533. The van der Waals surface area contributed by atoms with E-state index in [0.29, 0.717) is 24.6 Å². The summed E-state index contributed by atoms with van der Waals surface area (Å²) < 4.78 is 13.9. The zero-order valence-electron chi connectivity index (χ0n) is 11.4. The maximum absolute atomic E-state index is 13.9. The van der Waals surface area contributed by atoms with Crippen LogP contribution in [-0.4, -0.2) is 29.0 Å². The van der Waals surface area contributed by atoms with E-state index in [0.717, 1.165) is 12.8 Å². The molecule has 1 aromatic rings. The molecule has 2 amide bonds. The Balaban J connectivity index is 2.02. The van der Waals surface area contributed by atoms with Crippen LogP contribution in [0, 0.1) is 11.7 Å². The number of urea groups is 1. The minimum Gasteiger partial charge on any atom is -0.389 e. The molecule has 1 heterocycles. The van der Waals surface area contributed by atoms with Crippen LogP contribution >= 0.6 is 12.2 Å². The maximum atomic E-state index is 13.9. The van der Waals surface area contributed by atoms with Crippen molar-refractivity contribution in [3.63, 3.8) is 0 Å². The number of nitrogens with one attached hydrogen (secondary N) is 1. The van der Waals surface area contributed by atoms with E-state index in [1.807, 2.05) is 0 Å². The Hall–Kier alpha value is -1.69. The Morgan fingerprint density at radius 3 is 2.65 bits per heavy atom. The van der Waals surface area contributed by atoms with Gasteiger partial charge in [0, 0.05) is 18.7 Å². The van der Waals surface area contributed by atoms with Gasteiger partial charge in [0.15, 0.2) is 0 Å². The summed E-state index contributed by atoms with van der Waals surface area (Å²) in [5.41, 5.74) is 6.03. The fourth-order valence-electron chi connectivity index (χ4n) is 2.18. The molecule has 0 bridgehead atoms. The number of anilines is 1. The molecule has 1 saturated heterocycles. The lowest BCUT2D eigenvalue weighted by Crippen LogP contribution is -2.40. The standard InChI is InChI=1S/C14H18FN3OS/c1-9-4-6-18(7-5-9)14(19)17-12-3-2-10(13(16)20)8-11(12)15/h2-3,8-9H,4-7H2,1H3,(H2,16,20)(H,17,19). The van der Waals surface area contributed by atoms with Crippen molar-refractivity contribution in [2.75, 3.05) is 18.4 Å². The number of rotatable bonds is 2. The Kier molecular flexibility index (Phi) is 4.54. The van der Waals surface area contributed by atoms with Gasteiger partial charge >= 0.3 is 6.03 Å². The lowest BCUT2D eigenvalue weighted by molar-refractivity contribution is 0.186. The summed E-state index contributed by atoms with van der Waals surface area (Å²) in [6.45, 7) is 3.59. The van der Waals surface area contributed by atoms with Gasteiger partial charge in [0.25, 0.3) is 0 Å². The summed E-state index contributed by atoms with van der Waals surface area (Å²) in [5, 5.41) is 2.59. The normalized spacial score (nSPS) is 16.0. The first-order valence-electron chi connectivity index (χ1n) is 6.62. The van der Waals surface area contributed by atoms with Crippen LogP contribution < -0.4 is 11.1 Å². The van der Waals surface area contributed by atoms with E-state index in [4.69, 9.17) is 18.0 Å². The first kappa shape index (κ1) is 14.7. The number of halogens is 1. The summed E-state index contributed by atoms with van der Waals surface area (Å²) in [6, 6.07) is 4.04. The summed E-state index contributed by atoms with van der Waals surface area (Å²) in [4.78, 5) is 13.9. The molecule has 0 atom stereocenters. The molecule has 0 spiro atoms. The van der Waals surface area contributed by atoms with E-state index in [1.165, 1.54) is 12.1 Å². The van der Waals surface area contributed by atoms with Crippen LogP contribution in [0.5, 0.6) is 0 Å². The summed E-state index contributed by atoms with van der Waals surface area (Å²) in [6.07, 6.45) is 1.96. The van der Waals surface area contributed by atoms with Crippen LogP contribution in [0.25, 0.3) is 0 Å². The number of hydrogen-bond acceptors (Lipinski definition) is 2. The number of piperidine rings is 1. The van der Waals surface area contributed by atoms with Gasteiger partial charge in [-0.1, -0.05) is 19.1 Å². The monoisotopic (exact) mass is 295 g/mol. The zero-order valence-corrected chi connectivity index (χ0v) is 12.2. The Morgan fingerprint density at radius 1 is 1.45 bits per heavy atom. The number of hydrogen-bond donors (Lipinski definition) is 2. The number of thiocarbonyl (C=S) groups is 1. The average Bonchev–Trinajstić information content (AvgIpc) is 2.41. The summed E-state index contributed by atoms with van der Waals surface area (Å²) in [5.74, 6) is 0.106. The third-order valence-electron chi connectivity index (χ3n) is 3.57. The van der Waals surface area contributed by atoms with Crippen molar-refractivity contribution in [3.05, 3.63) is 29.6 Å². The van der Waals surface area contributed by atoms with Gasteiger partial charge in [-0.3, -0.25) is 0 Å². The molecule has 1 aliphatic rings. The van der Waals surface area contributed by atoms with Gasteiger partial charge in [0.2, 0.25) is 0 Å². The molecule has 0 saturated carbocycles. The maximum Gasteiger partial charge on any atom is 0.321 e. The molecule has 0 unspecified atom stereocenters. The first-order chi connectivity index (χ1) is 9.47. The van der Waals surface area contributed by atoms with Gasteiger partial charge in [-0.2, -0.15) is 0 Å². The number of carbonyl (C=O) groups excluding carboxylic acids is 1. The molecule has 0 aliphatic carbocycles. The van der Waals surface area contributed by atoms with Gasteiger partial charge in [-0.25, -0.2) is 9.18 Å². The third-order valence-corrected chi connectivity index (χ3v) is 3.80. The molecule has 2 rings (SSSR count). The Labute approximate surface area is 123 Å². The van der Waals surface area contributed by atoms with Crippen molar-refractivity contribution in [2.24, 2.45) is 11.7 Å². The SMILES string of the molecule is CC1CCN(C(=O)Nc2ccc(C(N)=S)cc2F)CC1. The van der Waals surface area contributed by atoms with Crippen molar-refractivity contribution in [1.82, 2.24) is 4.90 Å². The second-order valence-electron chi connectivity index (χ2n) is 5.16. The van der Waals surface area contributed by atoms with Gasteiger partial charge in [0.05, 0.1) is 5.69 Å². The van der Waals surface area contributed by atoms with Gasteiger partial charge in [0.1, 0.15) is 10.8 Å². The fourth-order valence-corrected chi connectivity index (χ4v) is 2.30. The lowest BCUT2D eigenvalue weighted by Gasteiger charge is -2.30. The van der Waals surface area contributed by atoms with Crippen LogP contribution in [-0.2, 0) is 0 Å². The largest absolute Gasteiger partial charge is 0.389 e.